The Hall–Kier alpha value is -1.96. The SMILES string of the molecule is O=C(O)CN(CC(F)(F)F)C(=O)COc1cccc(Cl)c1. The van der Waals surface area contributed by atoms with Gasteiger partial charge in [-0.25, -0.2) is 0 Å². The van der Waals surface area contributed by atoms with Gasteiger partial charge < -0.3 is 14.7 Å². The molecular weight excluding hydrogens is 315 g/mol. The summed E-state index contributed by atoms with van der Waals surface area (Å²) in [7, 11) is 0. The van der Waals surface area contributed by atoms with Crippen LogP contribution in [0.3, 0.4) is 0 Å². The van der Waals surface area contributed by atoms with Gasteiger partial charge in [-0.2, -0.15) is 13.2 Å². The minimum Gasteiger partial charge on any atom is -0.484 e. The molecule has 116 valence electrons. The van der Waals surface area contributed by atoms with Crippen molar-refractivity contribution in [2.45, 2.75) is 6.18 Å². The van der Waals surface area contributed by atoms with E-state index in [0.29, 0.717) is 5.02 Å². The quantitative estimate of drug-likeness (QED) is 0.870. The fourth-order valence-corrected chi connectivity index (χ4v) is 1.59. The summed E-state index contributed by atoms with van der Waals surface area (Å²) < 4.78 is 41.9. The van der Waals surface area contributed by atoms with Gasteiger partial charge in [0, 0.05) is 5.02 Å². The summed E-state index contributed by atoms with van der Waals surface area (Å²) in [4.78, 5) is 22.3. The molecule has 21 heavy (non-hydrogen) atoms. The molecule has 0 aliphatic rings. The van der Waals surface area contributed by atoms with Gasteiger partial charge in [0.1, 0.15) is 18.8 Å². The molecule has 1 aromatic carbocycles. The standard InChI is InChI=1S/C12H11ClF3NO4/c13-8-2-1-3-9(4-8)21-6-10(18)17(5-11(19)20)7-12(14,15)16/h1-4H,5-7H2,(H,19,20). The number of amides is 1. The highest BCUT2D eigenvalue weighted by molar-refractivity contribution is 6.30. The van der Waals surface area contributed by atoms with Crippen molar-refractivity contribution in [1.29, 1.82) is 0 Å². The van der Waals surface area contributed by atoms with Crippen LogP contribution in [0.15, 0.2) is 24.3 Å². The van der Waals surface area contributed by atoms with E-state index in [1.807, 2.05) is 0 Å². The highest BCUT2D eigenvalue weighted by Crippen LogP contribution is 2.18. The average Bonchev–Trinajstić information content (AvgIpc) is 2.33. The second-order valence-electron chi connectivity index (χ2n) is 4.00. The van der Waals surface area contributed by atoms with Gasteiger partial charge in [0.15, 0.2) is 6.61 Å². The fraction of sp³-hybridized carbons (Fsp3) is 0.333. The van der Waals surface area contributed by atoms with Gasteiger partial charge in [-0.1, -0.05) is 17.7 Å². The van der Waals surface area contributed by atoms with Crippen molar-refractivity contribution in [2.75, 3.05) is 19.7 Å². The Labute approximate surface area is 122 Å². The predicted octanol–water partition coefficient (Wildman–Crippen LogP) is 2.19. The van der Waals surface area contributed by atoms with Crippen molar-refractivity contribution < 1.29 is 32.6 Å². The third kappa shape index (κ3) is 6.84. The largest absolute Gasteiger partial charge is 0.484 e. The molecule has 0 atom stereocenters. The van der Waals surface area contributed by atoms with Crippen LogP contribution in [-0.4, -0.2) is 47.8 Å². The zero-order chi connectivity index (χ0) is 16.0. The number of rotatable bonds is 6. The maximum Gasteiger partial charge on any atom is 0.406 e. The van der Waals surface area contributed by atoms with E-state index in [2.05, 4.69) is 0 Å². The molecule has 1 aromatic rings. The molecule has 1 rings (SSSR count). The number of benzene rings is 1. The number of carboxylic acid groups (broad SMARTS) is 1. The first-order valence-electron chi connectivity index (χ1n) is 5.62. The van der Waals surface area contributed by atoms with E-state index < -0.39 is 37.7 Å². The molecule has 0 aliphatic heterocycles. The second kappa shape index (κ2) is 7.16. The van der Waals surface area contributed by atoms with Gasteiger partial charge in [-0.15, -0.1) is 0 Å². The Bertz CT molecular complexity index is 521. The topological polar surface area (TPSA) is 66.8 Å². The van der Waals surface area contributed by atoms with Gasteiger partial charge in [-0.05, 0) is 18.2 Å². The molecule has 1 N–H and O–H groups in total. The first kappa shape index (κ1) is 17.1. The van der Waals surface area contributed by atoms with Gasteiger partial charge in [0.2, 0.25) is 0 Å². The van der Waals surface area contributed by atoms with Crippen molar-refractivity contribution in [2.24, 2.45) is 0 Å². The minimum atomic E-state index is -4.69. The summed E-state index contributed by atoms with van der Waals surface area (Å²) in [5.74, 6) is -2.44. The van der Waals surface area contributed by atoms with Crippen molar-refractivity contribution in [3.05, 3.63) is 29.3 Å². The Balaban J connectivity index is 2.65. The number of hydrogen-bond donors (Lipinski definition) is 1. The van der Waals surface area contributed by atoms with E-state index in [-0.39, 0.29) is 10.6 Å². The van der Waals surface area contributed by atoms with Gasteiger partial charge >= 0.3 is 12.1 Å². The maximum atomic E-state index is 12.3. The van der Waals surface area contributed by atoms with Crippen LogP contribution in [0, 0.1) is 0 Å². The van der Waals surface area contributed by atoms with Crippen molar-refractivity contribution in [3.63, 3.8) is 0 Å². The molecule has 5 nitrogen and oxygen atoms in total. The van der Waals surface area contributed by atoms with Crippen LogP contribution in [0.25, 0.3) is 0 Å². The lowest BCUT2D eigenvalue weighted by Gasteiger charge is -2.22. The normalized spacial score (nSPS) is 11.0. The van der Waals surface area contributed by atoms with Crippen LogP contribution in [-0.2, 0) is 9.59 Å². The monoisotopic (exact) mass is 325 g/mol. The summed E-state index contributed by atoms with van der Waals surface area (Å²) >= 11 is 5.68. The Morgan fingerprint density at radius 2 is 2.00 bits per heavy atom. The molecule has 0 fully saturated rings. The number of alkyl halides is 3. The lowest BCUT2D eigenvalue weighted by Crippen LogP contribution is -2.44. The molecule has 0 unspecified atom stereocenters. The van der Waals surface area contributed by atoms with Crippen LogP contribution >= 0.6 is 11.6 Å². The zero-order valence-electron chi connectivity index (χ0n) is 10.6. The lowest BCUT2D eigenvalue weighted by molar-refractivity contribution is -0.166. The van der Waals surface area contributed by atoms with Crippen LogP contribution in [0.1, 0.15) is 0 Å². The number of ether oxygens (including phenoxy) is 1. The molecule has 9 heteroatoms. The summed E-state index contributed by atoms with van der Waals surface area (Å²) in [6.07, 6.45) is -4.69. The summed E-state index contributed by atoms with van der Waals surface area (Å²) in [5.41, 5.74) is 0. The lowest BCUT2D eigenvalue weighted by atomic mass is 10.3. The van der Waals surface area contributed by atoms with Crippen molar-refractivity contribution in [1.82, 2.24) is 4.90 Å². The number of halogens is 4. The molecular formula is C12H11ClF3NO4. The molecule has 0 spiro atoms. The van der Waals surface area contributed by atoms with E-state index >= 15 is 0 Å². The molecule has 0 saturated heterocycles. The van der Waals surface area contributed by atoms with E-state index in [4.69, 9.17) is 21.4 Å². The second-order valence-corrected chi connectivity index (χ2v) is 4.44. The predicted molar refractivity (Wildman–Crippen MR) is 67.2 cm³/mol. The van der Waals surface area contributed by atoms with E-state index in [1.54, 1.807) is 6.07 Å². The number of carbonyl (C=O) groups is 2. The Morgan fingerprint density at radius 3 is 2.52 bits per heavy atom. The fourth-order valence-electron chi connectivity index (χ4n) is 1.41. The molecule has 0 aromatic heterocycles. The van der Waals surface area contributed by atoms with Crippen molar-refractivity contribution >= 4 is 23.5 Å². The van der Waals surface area contributed by atoms with Crippen LogP contribution in [0.4, 0.5) is 13.2 Å². The molecule has 0 radical (unpaired) electrons. The number of carboxylic acids is 1. The molecule has 0 aliphatic carbocycles. The molecule has 0 saturated carbocycles. The number of hydrogen-bond acceptors (Lipinski definition) is 3. The minimum absolute atomic E-state index is 0.160. The zero-order valence-corrected chi connectivity index (χ0v) is 11.3. The molecule has 1 amide bonds. The van der Waals surface area contributed by atoms with Gasteiger partial charge in [-0.3, -0.25) is 9.59 Å². The van der Waals surface area contributed by atoms with E-state index in [9.17, 15) is 22.8 Å². The average molecular weight is 326 g/mol. The summed E-state index contributed by atoms with van der Waals surface area (Å²) in [6.45, 7) is -3.43. The third-order valence-corrected chi connectivity index (χ3v) is 2.44. The summed E-state index contributed by atoms with van der Waals surface area (Å²) in [5, 5.41) is 8.86. The van der Waals surface area contributed by atoms with Gasteiger partial charge in [0.05, 0.1) is 0 Å². The third-order valence-electron chi connectivity index (χ3n) is 2.21. The first-order valence-corrected chi connectivity index (χ1v) is 6.00. The molecule has 0 heterocycles. The van der Waals surface area contributed by atoms with E-state index in [0.717, 1.165) is 0 Å². The Kier molecular flexibility index (Phi) is 5.83. The van der Waals surface area contributed by atoms with Crippen molar-refractivity contribution in [3.8, 4) is 5.75 Å². The number of aliphatic carboxylic acids is 1. The van der Waals surface area contributed by atoms with Crippen LogP contribution in [0.5, 0.6) is 5.75 Å². The number of nitrogens with zero attached hydrogens (tertiary/aromatic N) is 1. The highest BCUT2D eigenvalue weighted by atomic mass is 35.5. The van der Waals surface area contributed by atoms with E-state index in [1.165, 1.54) is 18.2 Å². The maximum absolute atomic E-state index is 12.3. The molecule has 0 bridgehead atoms. The van der Waals surface area contributed by atoms with Gasteiger partial charge in [0.25, 0.3) is 5.91 Å². The van der Waals surface area contributed by atoms with Crippen LogP contribution < -0.4 is 4.74 Å². The smallest absolute Gasteiger partial charge is 0.406 e. The van der Waals surface area contributed by atoms with Crippen LogP contribution in [0.2, 0.25) is 5.02 Å². The Morgan fingerprint density at radius 1 is 1.33 bits per heavy atom. The summed E-state index contributed by atoms with van der Waals surface area (Å²) in [6, 6.07) is 5.92. The first-order chi connectivity index (χ1) is 9.67. The highest BCUT2D eigenvalue weighted by Gasteiger charge is 2.34. The number of carbonyl (C=O) groups excluding carboxylic acids is 1.